The smallest absolute Gasteiger partial charge is 0.257 e. The van der Waals surface area contributed by atoms with Crippen LogP contribution in [0.25, 0.3) is 10.4 Å². The van der Waals surface area contributed by atoms with Crippen LogP contribution in [0.1, 0.15) is 30.1 Å². The molecular weight excluding hydrogens is 434 g/mol. The van der Waals surface area contributed by atoms with E-state index in [1.165, 1.54) is 0 Å². The summed E-state index contributed by atoms with van der Waals surface area (Å²) in [6, 6.07) is 13.4. The number of thiophene rings is 1. The third-order valence-corrected chi connectivity index (χ3v) is 7.68. The number of amides is 2. The van der Waals surface area contributed by atoms with Gasteiger partial charge in [0.25, 0.3) is 5.91 Å². The van der Waals surface area contributed by atoms with Crippen molar-refractivity contribution in [3.63, 3.8) is 0 Å². The average Bonchev–Trinajstić information content (AvgIpc) is 3.34. The second kappa shape index (κ2) is 8.51. The Hall–Kier alpha value is -3.39. The van der Waals surface area contributed by atoms with Crippen molar-refractivity contribution in [2.45, 2.75) is 19.8 Å². The number of nitrogen functional groups attached to an aromatic ring is 1. The van der Waals surface area contributed by atoms with Crippen molar-refractivity contribution in [3.8, 4) is 10.4 Å². The maximum atomic E-state index is 12.8. The molecule has 7 nitrogen and oxygen atoms in total. The predicted octanol–water partition coefficient (Wildman–Crippen LogP) is 4.09. The molecule has 2 aliphatic heterocycles. The van der Waals surface area contributed by atoms with Gasteiger partial charge in [0, 0.05) is 49.6 Å². The number of rotatable bonds is 4. The second-order valence-corrected chi connectivity index (χ2v) is 9.95. The summed E-state index contributed by atoms with van der Waals surface area (Å²) >= 11 is 1.64. The monoisotopic (exact) mass is 461 g/mol. The number of carbonyl (C=O) groups is 2. The van der Waals surface area contributed by atoms with Crippen molar-refractivity contribution in [1.82, 2.24) is 9.88 Å². The Morgan fingerprint density at radius 2 is 1.91 bits per heavy atom. The van der Waals surface area contributed by atoms with Crippen molar-refractivity contribution in [3.05, 3.63) is 59.6 Å². The third kappa shape index (κ3) is 4.30. The first-order valence-electron chi connectivity index (χ1n) is 11.1. The van der Waals surface area contributed by atoms with Gasteiger partial charge >= 0.3 is 0 Å². The number of hydrogen-bond donors (Lipinski definition) is 2. The van der Waals surface area contributed by atoms with E-state index in [2.05, 4.69) is 15.2 Å². The standard InChI is InChI=1S/C25H27N5O2S/c1-17(31)30-15-25(16-30)8-10-29(11-9-25)23-7-5-19(14-27-23)24(32)28-21-13-18(4-6-20(21)26)22-3-2-12-33-22/h2-7,12-14H,8-11,15-16,26H2,1H3,(H,28,32). The molecule has 2 aromatic heterocycles. The Labute approximate surface area is 197 Å². The summed E-state index contributed by atoms with van der Waals surface area (Å²) in [5.74, 6) is 0.808. The van der Waals surface area contributed by atoms with Crippen LogP contribution in [0.2, 0.25) is 0 Å². The number of hydrogen-bond acceptors (Lipinski definition) is 6. The summed E-state index contributed by atoms with van der Waals surface area (Å²) < 4.78 is 0. The lowest BCUT2D eigenvalue weighted by Crippen LogP contribution is -2.61. The number of aromatic nitrogens is 1. The summed E-state index contributed by atoms with van der Waals surface area (Å²) in [6.07, 6.45) is 3.73. The zero-order valence-electron chi connectivity index (χ0n) is 18.6. The van der Waals surface area contributed by atoms with Gasteiger partial charge in [0.05, 0.1) is 16.9 Å². The molecule has 2 amide bonds. The molecule has 170 valence electrons. The minimum atomic E-state index is -0.236. The van der Waals surface area contributed by atoms with Gasteiger partial charge in [-0.2, -0.15) is 0 Å². The van der Waals surface area contributed by atoms with Crippen molar-refractivity contribution in [1.29, 1.82) is 0 Å². The van der Waals surface area contributed by atoms with Crippen LogP contribution < -0.4 is 16.0 Å². The normalized spacial score (nSPS) is 17.0. The molecule has 0 radical (unpaired) electrons. The third-order valence-electron chi connectivity index (χ3n) is 6.76. The number of benzene rings is 1. The molecule has 0 unspecified atom stereocenters. The van der Waals surface area contributed by atoms with E-state index in [1.54, 1.807) is 24.5 Å². The number of anilines is 3. The Balaban J connectivity index is 1.21. The highest BCUT2D eigenvalue weighted by Crippen LogP contribution is 2.41. The highest BCUT2D eigenvalue weighted by atomic mass is 32.1. The molecule has 0 bridgehead atoms. The fourth-order valence-electron chi connectivity index (χ4n) is 4.68. The number of carbonyl (C=O) groups excluding carboxylic acids is 2. The first kappa shape index (κ1) is 21.5. The molecule has 3 N–H and O–H groups in total. The van der Waals surface area contributed by atoms with E-state index in [0.29, 0.717) is 16.9 Å². The van der Waals surface area contributed by atoms with Crippen LogP contribution in [0.5, 0.6) is 0 Å². The molecule has 4 heterocycles. The molecule has 2 aliphatic rings. The van der Waals surface area contributed by atoms with Gasteiger partial charge in [-0.3, -0.25) is 9.59 Å². The van der Waals surface area contributed by atoms with Crippen LogP contribution in [0.15, 0.2) is 54.0 Å². The van der Waals surface area contributed by atoms with Gasteiger partial charge in [0.15, 0.2) is 0 Å². The molecule has 5 rings (SSSR count). The van der Waals surface area contributed by atoms with Gasteiger partial charge in [-0.05, 0) is 54.1 Å². The first-order chi connectivity index (χ1) is 15.9. The van der Waals surface area contributed by atoms with Crippen LogP contribution in [-0.4, -0.2) is 47.9 Å². The second-order valence-electron chi connectivity index (χ2n) is 9.00. The summed E-state index contributed by atoms with van der Waals surface area (Å²) in [5, 5.41) is 4.94. The molecule has 33 heavy (non-hydrogen) atoms. The number of nitrogens with two attached hydrogens (primary N) is 1. The lowest BCUT2D eigenvalue weighted by molar-refractivity contribution is -0.142. The maximum absolute atomic E-state index is 12.8. The Bertz CT molecular complexity index is 1160. The quantitative estimate of drug-likeness (QED) is 0.571. The van der Waals surface area contributed by atoms with E-state index in [-0.39, 0.29) is 17.2 Å². The molecule has 0 saturated carbocycles. The van der Waals surface area contributed by atoms with Crippen molar-refractivity contribution >= 4 is 40.3 Å². The van der Waals surface area contributed by atoms with Crippen LogP contribution in [-0.2, 0) is 4.79 Å². The Kier molecular flexibility index (Phi) is 5.54. The summed E-state index contributed by atoms with van der Waals surface area (Å²) in [5.41, 5.74) is 9.00. The van der Waals surface area contributed by atoms with E-state index in [0.717, 1.165) is 55.3 Å². The van der Waals surface area contributed by atoms with Crippen molar-refractivity contribution < 1.29 is 9.59 Å². The highest BCUT2D eigenvalue weighted by Gasteiger charge is 2.45. The number of pyridine rings is 1. The Morgan fingerprint density at radius 3 is 2.55 bits per heavy atom. The molecule has 3 aromatic rings. The largest absolute Gasteiger partial charge is 0.397 e. The fourth-order valence-corrected chi connectivity index (χ4v) is 5.40. The van der Waals surface area contributed by atoms with Gasteiger partial charge in [-0.1, -0.05) is 12.1 Å². The number of nitrogens with one attached hydrogen (secondary N) is 1. The summed E-state index contributed by atoms with van der Waals surface area (Å²) in [4.78, 5) is 34.2. The Morgan fingerprint density at radius 1 is 1.12 bits per heavy atom. The fraction of sp³-hybridized carbons (Fsp3) is 0.320. The van der Waals surface area contributed by atoms with E-state index < -0.39 is 0 Å². The minimum absolute atomic E-state index is 0.165. The molecule has 2 fully saturated rings. The molecule has 0 aliphatic carbocycles. The highest BCUT2D eigenvalue weighted by molar-refractivity contribution is 7.13. The lowest BCUT2D eigenvalue weighted by Gasteiger charge is -2.53. The van der Waals surface area contributed by atoms with Gasteiger partial charge in [0.1, 0.15) is 5.82 Å². The molecule has 1 spiro atoms. The molecule has 2 saturated heterocycles. The van der Waals surface area contributed by atoms with Crippen LogP contribution in [0, 0.1) is 5.41 Å². The first-order valence-corrected chi connectivity index (χ1v) is 12.0. The summed E-state index contributed by atoms with van der Waals surface area (Å²) in [6.45, 7) is 5.21. The van der Waals surface area contributed by atoms with Crippen LogP contribution >= 0.6 is 11.3 Å². The lowest BCUT2D eigenvalue weighted by atomic mass is 9.72. The van der Waals surface area contributed by atoms with E-state index in [4.69, 9.17) is 5.73 Å². The topological polar surface area (TPSA) is 91.6 Å². The summed E-state index contributed by atoms with van der Waals surface area (Å²) in [7, 11) is 0. The number of likely N-dealkylation sites (tertiary alicyclic amines) is 1. The van der Waals surface area contributed by atoms with Gasteiger partial charge in [0.2, 0.25) is 5.91 Å². The van der Waals surface area contributed by atoms with Crippen molar-refractivity contribution in [2.75, 3.05) is 42.1 Å². The van der Waals surface area contributed by atoms with Crippen molar-refractivity contribution in [2.24, 2.45) is 5.41 Å². The maximum Gasteiger partial charge on any atom is 0.257 e. The zero-order valence-corrected chi connectivity index (χ0v) is 19.4. The average molecular weight is 462 g/mol. The molecular formula is C25H27N5O2S. The SMILES string of the molecule is CC(=O)N1CC2(CCN(c3ccc(C(=O)Nc4cc(-c5cccs5)ccc4N)cn3)CC2)C1. The predicted molar refractivity (Wildman–Crippen MR) is 132 cm³/mol. The van der Waals surface area contributed by atoms with Gasteiger partial charge in [-0.15, -0.1) is 11.3 Å². The minimum Gasteiger partial charge on any atom is -0.397 e. The molecule has 0 atom stereocenters. The number of piperidine rings is 1. The molecule has 8 heteroatoms. The van der Waals surface area contributed by atoms with E-state index in [9.17, 15) is 9.59 Å². The van der Waals surface area contributed by atoms with Gasteiger partial charge in [-0.25, -0.2) is 4.98 Å². The van der Waals surface area contributed by atoms with E-state index >= 15 is 0 Å². The number of nitrogens with zero attached hydrogens (tertiary/aromatic N) is 3. The van der Waals surface area contributed by atoms with Crippen LogP contribution in [0.3, 0.4) is 0 Å². The van der Waals surface area contributed by atoms with E-state index in [1.807, 2.05) is 52.7 Å². The van der Waals surface area contributed by atoms with Gasteiger partial charge < -0.3 is 20.9 Å². The zero-order chi connectivity index (χ0) is 23.0. The van der Waals surface area contributed by atoms with Crippen LogP contribution in [0.4, 0.5) is 17.2 Å². The molecule has 1 aromatic carbocycles.